The SMILES string of the molecule is CCC(NC(=O)c1c(OCCN(C)C)c(-c2ccccc2)nc2ccccc12)c1ccccc1. The van der Waals surface area contributed by atoms with Crippen LogP contribution in [0.5, 0.6) is 5.75 Å². The van der Waals surface area contributed by atoms with E-state index in [1.165, 1.54) is 0 Å². The van der Waals surface area contributed by atoms with Gasteiger partial charge in [-0.05, 0) is 32.1 Å². The van der Waals surface area contributed by atoms with Gasteiger partial charge in [0, 0.05) is 17.5 Å². The van der Waals surface area contributed by atoms with Gasteiger partial charge in [0.25, 0.3) is 5.91 Å². The molecule has 0 saturated carbocycles. The molecule has 0 radical (unpaired) electrons. The number of carbonyl (C=O) groups is 1. The summed E-state index contributed by atoms with van der Waals surface area (Å²) < 4.78 is 6.32. The number of pyridine rings is 1. The summed E-state index contributed by atoms with van der Waals surface area (Å²) in [7, 11) is 4.00. The fraction of sp³-hybridized carbons (Fsp3) is 0.241. The van der Waals surface area contributed by atoms with E-state index in [-0.39, 0.29) is 11.9 Å². The molecular formula is C29H31N3O2. The number of rotatable bonds is 9. The van der Waals surface area contributed by atoms with Gasteiger partial charge in [0.1, 0.15) is 12.3 Å². The second kappa shape index (κ2) is 10.9. The van der Waals surface area contributed by atoms with E-state index in [1.54, 1.807) is 0 Å². The molecule has 5 heteroatoms. The van der Waals surface area contributed by atoms with Crippen LogP contribution < -0.4 is 10.1 Å². The standard InChI is InChI=1S/C29H31N3O2/c1-4-24(21-13-7-5-8-14-21)31-29(33)26-23-17-11-12-18-25(23)30-27(22-15-9-6-10-16-22)28(26)34-20-19-32(2)3/h5-18,24H,4,19-20H2,1-3H3,(H,31,33). The van der Waals surface area contributed by atoms with Crippen molar-refractivity contribution in [3.05, 3.63) is 96.1 Å². The molecule has 3 aromatic carbocycles. The van der Waals surface area contributed by atoms with Crippen LogP contribution in [0, 0.1) is 0 Å². The van der Waals surface area contributed by atoms with Crippen LogP contribution in [0.25, 0.3) is 22.2 Å². The summed E-state index contributed by atoms with van der Waals surface area (Å²) in [4.78, 5) is 20.9. The summed E-state index contributed by atoms with van der Waals surface area (Å²) in [5.74, 6) is 0.360. The second-order valence-electron chi connectivity index (χ2n) is 8.54. The highest BCUT2D eigenvalue weighted by atomic mass is 16.5. The Balaban J connectivity index is 1.84. The van der Waals surface area contributed by atoms with Crippen LogP contribution in [0.1, 0.15) is 35.3 Å². The van der Waals surface area contributed by atoms with Crippen molar-refractivity contribution in [1.82, 2.24) is 15.2 Å². The first-order valence-electron chi connectivity index (χ1n) is 11.7. The molecule has 1 heterocycles. The number of aromatic nitrogens is 1. The second-order valence-corrected chi connectivity index (χ2v) is 8.54. The lowest BCUT2D eigenvalue weighted by molar-refractivity contribution is 0.0933. The Morgan fingerprint density at radius 3 is 2.26 bits per heavy atom. The molecule has 0 spiro atoms. The molecule has 174 valence electrons. The third-order valence-electron chi connectivity index (χ3n) is 5.82. The van der Waals surface area contributed by atoms with E-state index in [4.69, 9.17) is 9.72 Å². The molecule has 1 aromatic heterocycles. The van der Waals surface area contributed by atoms with Gasteiger partial charge in [-0.15, -0.1) is 0 Å². The fourth-order valence-electron chi connectivity index (χ4n) is 4.02. The predicted molar refractivity (Wildman–Crippen MR) is 138 cm³/mol. The molecule has 1 amide bonds. The minimum absolute atomic E-state index is 0.101. The highest BCUT2D eigenvalue weighted by Crippen LogP contribution is 2.37. The van der Waals surface area contributed by atoms with Gasteiger partial charge < -0.3 is 15.0 Å². The zero-order valence-electron chi connectivity index (χ0n) is 20.0. The normalized spacial score (nSPS) is 12.0. The number of ether oxygens (including phenoxy) is 1. The van der Waals surface area contributed by atoms with Crippen molar-refractivity contribution in [1.29, 1.82) is 0 Å². The summed E-state index contributed by atoms with van der Waals surface area (Å²) in [5.41, 5.74) is 3.96. The van der Waals surface area contributed by atoms with Gasteiger partial charge in [0.05, 0.1) is 17.1 Å². The number of benzene rings is 3. The molecule has 1 atom stereocenters. The molecule has 0 aliphatic carbocycles. The number of hydrogen-bond donors (Lipinski definition) is 1. The Morgan fingerprint density at radius 2 is 1.59 bits per heavy atom. The number of para-hydroxylation sites is 1. The highest BCUT2D eigenvalue weighted by Gasteiger charge is 2.25. The molecule has 5 nitrogen and oxygen atoms in total. The predicted octanol–water partition coefficient (Wildman–Crippen LogP) is 5.72. The molecule has 4 rings (SSSR count). The maximum atomic E-state index is 13.9. The number of fused-ring (bicyclic) bond motifs is 1. The van der Waals surface area contributed by atoms with E-state index in [2.05, 4.69) is 17.1 Å². The minimum Gasteiger partial charge on any atom is -0.489 e. The molecule has 0 aliphatic rings. The zero-order valence-corrected chi connectivity index (χ0v) is 20.0. The van der Waals surface area contributed by atoms with E-state index in [0.717, 1.165) is 35.0 Å². The number of amides is 1. The third kappa shape index (κ3) is 5.26. The highest BCUT2D eigenvalue weighted by molar-refractivity contribution is 6.10. The van der Waals surface area contributed by atoms with Gasteiger partial charge in [-0.25, -0.2) is 4.98 Å². The van der Waals surface area contributed by atoms with E-state index >= 15 is 0 Å². The number of nitrogens with one attached hydrogen (secondary N) is 1. The summed E-state index contributed by atoms with van der Waals surface area (Å²) in [6, 6.07) is 27.6. The average Bonchev–Trinajstić information content (AvgIpc) is 2.87. The van der Waals surface area contributed by atoms with Crippen LogP contribution in [0.3, 0.4) is 0 Å². The molecule has 0 aliphatic heterocycles. The first kappa shape index (κ1) is 23.5. The summed E-state index contributed by atoms with van der Waals surface area (Å²) >= 11 is 0. The van der Waals surface area contributed by atoms with Crippen molar-refractivity contribution in [2.75, 3.05) is 27.2 Å². The molecule has 34 heavy (non-hydrogen) atoms. The van der Waals surface area contributed by atoms with Gasteiger partial charge in [-0.2, -0.15) is 0 Å². The van der Waals surface area contributed by atoms with E-state index in [1.807, 2.05) is 99.0 Å². The molecular weight excluding hydrogens is 422 g/mol. The van der Waals surface area contributed by atoms with Crippen molar-refractivity contribution >= 4 is 16.8 Å². The number of nitrogens with zero attached hydrogens (tertiary/aromatic N) is 2. The first-order valence-corrected chi connectivity index (χ1v) is 11.7. The summed E-state index contributed by atoms with van der Waals surface area (Å²) in [6.45, 7) is 3.25. The molecule has 4 aromatic rings. The molecule has 0 bridgehead atoms. The van der Waals surface area contributed by atoms with Crippen molar-refractivity contribution in [2.45, 2.75) is 19.4 Å². The van der Waals surface area contributed by atoms with Crippen LogP contribution in [-0.4, -0.2) is 43.0 Å². The molecule has 1 N–H and O–H groups in total. The van der Waals surface area contributed by atoms with Crippen LogP contribution in [0.15, 0.2) is 84.9 Å². The monoisotopic (exact) mass is 453 g/mol. The quantitative estimate of drug-likeness (QED) is 0.352. The van der Waals surface area contributed by atoms with Crippen LogP contribution in [0.2, 0.25) is 0 Å². The Bertz CT molecular complexity index is 1240. The summed E-state index contributed by atoms with van der Waals surface area (Å²) in [5, 5.41) is 4.03. The van der Waals surface area contributed by atoms with E-state index < -0.39 is 0 Å². The average molecular weight is 454 g/mol. The van der Waals surface area contributed by atoms with Gasteiger partial charge in [-0.3, -0.25) is 4.79 Å². The lowest BCUT2D eigenvalue weighted by Crippen LogP contribution is -2.29. The number of hydrogen-bond acceptors (Lipinski definition) is 4. The van der Waals surface area contributed by atoms with Crippen molar-refractivity contribution in [3.63, 3.8) is 0 Å². The maximum Gasteiger partial charge on any atom is 0.256 e. The molecule has 1 unspecified atom stereocenters. The lowest BCUT2D eigenvalue weighted by Gasteiger charge is -2.22. The van der Waals surface area contributed by atoms with Crippen molar-refractivity contribution in [2.24, 2.45) is 0 Å². The topological polar surface area (TPSA) is 54.5 Å². The van der Waals surface area contributed by atoms with Gasteiger partial charge in [0.2, 0.25) is 0 Å². The Hall–Kier alpha value is -3.70. The fourth-order valence-corrected chi connectivity index (χ4v) is 4.02. The Labute approximate surface area is 201 Å². The van der Waals surface area contributed by atoms with E-state index in [0.29, 0.717) is 23.6 Å². The molecule has 0 fully saturated rings. The van der Waals surface area contributed by atoms with Crippen LogP contribution in [-0.2, 0) is 0 Å². The lowest BCUT2D eigenvalue weighted by atomic mass is 10.00. The number of likely N-dealkylation sites (N-methyl/N-ethyl adjacent to an activating group) is 1. The van der Waals surface area contributed by atoms with Gasteiger partial charge >= 0.3 is 0 Å². The number of carbonyl (C=O) groups excluding carboxylic acids is 1. The third-order valence-corrected chi connectivity index (χ3v) is 5.82. The molecule has 0 saturated heterocycles. The van der Waals surface area contributed by atoms with Crippen LogP contribution >= 0.6 is 0 Å². The largest absolute Gasteiger partial charge is 0.489 e. The van der Waals surface area contributed by atoms with Crippen LogP contribution in [0.4, 0.5) is 0 Å². The van der Waals surface area contributed by atoms with Gasteiger partial charge in [0.15, 0.2) is 5.75 Å². The maximum absolute atomic E-state index is 13.9. The smallest absolute Gasteiger partial charge is 0.256 e. The van der Waals surface area contributed by atoms with Gasteiger partial charge in [-0.1, -0.05) is 85.8 Å². The van der Waals surface area contributed by atoms with E-state index in [9.17, 15) is 4.79 Å². The van der Waals surface area contributed by atoms with Crippen molar-refractivity contribution in [3.8, 4) is 17.0 Å². The Morgan fingerprint density at radius 1 is 0.941 bits per heavy atom. The van der Waals surface area contributed by atoms with Crippen molar-refractivity contribution < 1.29 is 9.53 Å². The Kier molecular flexibility index (Phi) is 7.55. The first-order chi connectivity index (χ1) is 16.6. The minimum atomic E-state index is -0.161. The summed E-state index contributed by atoms with van der Waals surface area (Å²) in [6.07, 6.45) is 0.779. The zero-order chi connectivity index (χ0) is 23.9.